The van der Waals surface area contributed by atoms with E-state index in [-0.39, 0.29) is 5.41 Å². The zero-order valence-electron chi connectivity index (χ0n) is 14.1. The molecule has 1 N–H and O–H groups in total. The quantitative estimate of drug-likeness (QED) is 0.858. The molecule has 0 bridgehead atoms. The van der Waals surface area contributed by atoms with Crippen LogP contribution in [0.15, 0.2) is 35.3 Å². The number of aromatic nitrogens is 2. The Labute approximate surface area is 142 Å². The minimum atomic E-state index is -0.0875. The zero-order valence-corrected chi connectivity index (χ0v) is 14.9. The fraction of sp³-hybridized carbons (Fsp3) is 0.389. The van der Waals surface area contributed by atoms with Gasteiger partial charge in [-0.05, 0) is 12.5 Å². The first kappa shape index (κ1) is 15.9. The molecule has 1 aromatic carbocycles. The van der Waals surface area contributed by atoms with Crippen LogP contribution in [0, 0.1) is 0 Å². The summed E-state index contributed by atoms with van der Waals surface area (Å²) in [5, 5.41) is 8.11. The van der Waals surface area contributed by atoms with Crippen molar-refractivity contribution in [1.29, 1.82) is 0 Å². The molecule has 2 aromatic rings. The predicted molar refractivity (Wildman–Crippen MR) is 98.9 cm³/mol. The third kappa shape index (κ3) is 2.93. The maximum Gasteiger partial charge on any atom is 0.127 e. The van der Waals surface area contributed by atoms with Crippen LogP contribution in [0.3, 0.4) is 0 Å². The summed E-state index contributed by atoms with van der Waals surface area (Å²) < 4.78 is 1.96. The number of aryl methyl sites for hydroxylation is 1. The molecule has 120 valence electrons. The predicted octanol–water partition coefficient (Wildman–Crippen LogP) is 3.60. The first-order chi connectivity index (χ1) is 10.9. The summed E-state index contributed by atoms with van der Waals surface area (Å²) in [6.45, 7) is 9.97. The van der Waals surface area contributed by atoms with E-state index in [9.17, 15) is 0 Å². The third-order valence-corrected chi connectivity index (χ3v) is 4.26. The minimum absolute atomic E-state index is 0.0875. The number of aliphatic imine (C=N–C) groups is 1. The van der Waals surface area contributed by atoms with E-state index in [0.717, 1.165) is 39.9 Å². The van der Waals surface area contributed by atoms with E-state index in [1.165, 1.54) is 0 Å². The molecule has 0 fully saturated rings. The monoisotopic (exact) mass is 326 g/mol. The average Bonchev–Trinajstić information content (AvgIpc) is 2.82. The number of fused-ring (bicyclic) bond motifs is 1. The van der Waals surface area contributed by atoms with E-state index in [1.807, 2.05) is 22.9 Å². The SMILES string of the molecule is CCn1nc(C(C)(C)C)c2c1C(=S)NCC(c1ccccc1)=N2. The van der Waals surface area contributed by atoms with E-state index in [1.54, 1.807) is 0 Å². The van der Waals surface area contributed by atoms with Crippen molar-refractivity contribution in [2.45, 2.75) is 39.7 Å². The van der Waals surface area contributed by atoms with Crippen molar-refractivity contribution in [3.8, 4) is 0 Å². The van der Waals surface area contributed by atoms with Gasteiger partial charge in [-0.3, -0.25) is 4.68 Å². The van der Waals surface area contributed by atoms with Gasteiger partial charge in [-0.2, -0.15) is 5.10 Å². The van der Waals surface area contributed by atoms with Crippen LogP contribution in [0.25, 0.3) is 0 Å². The summed E-state index contributed by atoms with van der Waals surface area (Å²) >= 11 is 5.59. The van der Waals surface area contributed by atoms with Gasteiger partial charge in [0.25, 0.3) is 0 Å². The Morgan fingerprint density at radius 1 is 1.22 bits per heavy atom. The third-order valence-electron chi connectivity index (χ3n) is 3.92. The number of hydrogen-bond donors (Lipinski definition) is 1. The van der Waals surface area contributed by atoms with Gasteiger partial charge in [-0.1, -0.05) is 63.3 Å². The highest BCUT2D eigenvalue weighted by atomic mass is 32.1. The van der Waals surface area contributed by atoms with E-state index in [2.05, 4.69) is 45.1 Å². The second-order valence-electron chi connectivity index (χ2n) is 6.72. The second-order valence-corrected chi connectivity index (χ2v) is 7.13. The van der Waals surface area contributed by atoms with E-state index < -0.39 is 0 Å². The number of rotatable bonds is 2. The number of nitrogens with zero attached hydrogens (tertiary/aromatic N) is 3. The molecule has 0 spiro atoms. The summed E-state index contributed by atoms with van der Waals surface area (Å²) in [4.78, 5) is 5.70. The van der Waals surface area contributed by atoms with Crippen molar-refractivity contribution in [3.05, 3.63) is 47.3 Å². The molecule has 1 aromatic heterocycles. The molecule has 0 saturated carbocycles. The standard InChI is InChI=1S/C18H22N4S/c1-5-22-15-14(16(21-22)18(2,3)4)20-13(11-19-17(15)23)12-9-7-6-8-10-12/h6-10H,5,11H2,1-4H3,(H,19,23). The van der Waals surface area contributed by atoms with Gasteiger partial charge in [0.2, 0.25) is 0 Å². The van der Waals surface area contributed by atoms with Gasteiger partial charge >= 0.3 is 0 Å². The van der Waals surface area contributed by atoms with Gasteiger partial charge in [0.05, 0.1) is 18.0 Å². The fourth-order valence-electron chi connectivity index (χ4n) is 2.74. The number of nitrogens with one attached hydrogen (secondary N) is 1. The lowest BCUT2D eigenvalue weighted by Crippen LogP contribution is -2.29. The highest BCUT2D eigenvalue weighted by molar-refractivity contribution is 7.80. The fourth-order valence-corrected chi connectivity index (χ4v) is 3.01. The minimum Gasteiger partial charge on any atom is -0.369 e. The lowest BCUT2D eigenvalue weighted by Gasteiger charge is -2.16. The van der Waals surface area contributed by atoms with Crippen molar-refractivity contribution in [3.63, 3.8) is 0 Å². The van der Waals surface area contributed by atoms with Crippen LogP contribution in [0.4, 0.5) is 5.69 Å². The van der Waals surface area contributed by atoms with Crippen LogP contribution in [0.5, 0.6) is 0 Å². The van der Waals surface area contributed by atoms with Crippen LogP contribution >= 0.6 is 12.2 Å². The van der Waals surface area contributed by atoms with Gasteiger partial charge in [0.1, 0.15) is 16.4 Å². The van der Waals surface area contributed by atoms with Crippen molar-refractivity contribution in [2.75, 3.05) is 6.54 Å². The zero-order chi connectivity index (χ0) is 16.6. The summed E-state index contributed by atoms with van der Waals surface area (Å²) in [6.07, 6.45) is 0. The lowest BCUT2D eigenvalue weighted by atomic mass is 9.91. The van der Waals surface area contributed by atoms with Gasteiger partial charge in [-0.25, -0.2) is 4.99 Å². The Bertz CT molecular complexity index is 766. The molecule has 4 nitrogen and oxygen atoms in total. The Hall–Kier alpha value is -2.01. The molecule has 0 radical (unpaired) electrons. The van der Waals surface area contributed by atoms with Gasteiger partial charge in [-0.15, -0.1) is 0 Å². The normalized spacial score (nSPS) is 14.8. The molecule has 3 rings (SSSR count). The summed E-state index contributed by atoms with van der Waals surface area (Å²) in [6, 6.07) is 10.2. The first-order valence-corrected chi connectivity index (χ1v) is 8.35. The smallest absolute Gasteiger partial charge is 0.127 e. The van der Waals surface area contributed by atoms with Gasteiger partial charge in [0, 0.05) is 12.0 Å². The molecule has 0 saturated heterocycles. The molecule has 0 unspecified atom stereocenters. The van der Waals surface area contributed by atoms with Crippen LogP contribution in [0.1, 0.15) is 44.6 Å². The van der Waals surface area contributed by atoms with Crippen molar-refractivity contribution < 1.29 is 0 Å². The van der Waals surface area contributed by atoms with E-state index >= 15 is 0 Å². The van der Waals surface area contributed by atoms with Crippen molar-refractivity contribution in [1.82, 2.24) is 15.1 Å². The van der Waals surface area contributed by atoms with Crippen molar-refractivity contribution >= 4 is 28.6 Å². The highest BCUT2D eigenvalue weighted by Gasteiger charge is 2.30. The van der Waals surface area contributed by atoms with E-state index in [4.69, 9.17) is 22.3 Å². The van der Waals surface area contributed by atoms with Crippen LogP contribution < -0.4 is 5.32 Å². The van der Waals surface area contributed by atoms with Gasteiger partial charge < -0.3 is 5.32 Å². The number of benzene rings is 1. The van der Waals surface area contributed by atoms with Crippen LogP contribution in [0.2, 0.25) is 0 Å². The molecule has 0 aliphatic carbocycles. The van der Waals surface area contributed by atoms with Gasteiger partial charge in [0.15, 0.2) is 0 Å². The average molecular weight is 326 g/mol. The maximum absolute atomic E-state index is 5.59. The molecule has 0 atom stereocenters. The largest absolute Gasteiger partial charge is 0.369 e. The topological polar surface area (TPSA) is 42.2 Å². The Morgan fingerprint density at radius 2 is 1.91 bits per heavy atom. The molecular weight excluding hydrogens is 304 g/mol. The first-order valence-electron chi connectivity index (χ1n) is 7.94. The Balaban J connectivity index is 2.23. The maximum atomic E-state index is 5.59. The molecule has 1 aliphatic heterocycles. The number of hydrogen-bond acceptors (Lipinski definition) is 3. The highest BCUT2D eigenvalue weighted by Crippen LogP contribution is 2.35. The van der Waals surface area contributed by atoms with Crippen LogP contribution in [-0.4, -0.2) is 27.0 Å². The molecular formula is C18H22N4S. The molecule has 23 heavy (non-hydrogen) atoms. The van der Waals surface area contributed by atoms with Crippen molar-refractivity contribution in [2.24, 2.45) is 4.99 Å². The molecule has 2 heterocycles. The summed E-state index contributed by atoms with van der Waals surface area (Å²) in [7, 11) is 0. The molecule has 5 heteroatoms. The summed E-state index contributed by atoms with van der Waals surface area (Å²) in [5.41, 5.74) is 4.85. The van der Waals surface area contributed by atoms with E-state index in [0.29, 0.717) is 6.54 Å². The second kappa shape index (κ2) is 5.89. The lowest BCUT2D eigenvalue weighted by molar-refractivity contribution is 0.540. The summed E-state index contributed by atoms with van der Waals surface area (Å²) in [5.74, 6) is 0. The Kier molecular flexibility index (Phi) is 4.06. The molecule has 0 amide bonds. The van der Waals surface area contributed by atoms with Crippen LogP contribution in [-0.2, 0) is 12.0 Å². The number of thiocarbonyl (C=S) groups is 1. The Morgan fingerprint density at radius 3 is 2.52 bits per heavy atom. The molecule has 1 aliphatic rings.